The van der Waals surface area contributed by atoms with E-state index in [0.717, 1.165) is 24.6 Å². The van der Waals surface area contributed by atoms with Crippen LogP contribution in [0.4, 0.5) is 4.39 Å². The highest BCUT2D eigenvalue weighted by Gasteiger charge is 2.31. The molecule has 1 aromatic carbocycles. The van der Waals surface area contributed by atoms with E-state index in [1.165, 1.54) is 6.07 Å². The summed E-state index contributed by atoms with van der Waals surface area (Å²) in [5, 5.41) is 3.79. The lowest BCUT2D eigenvalue weighted by atomic mass is 10.1. The molecule has 7 heteroatoms. The number of carbonyl (C=O) groups excluding carboxylic acids is 2. The number of pyridine rings is 1. The van der Waals surface area contributed by atoms with Crippen molar-refractivity contribution in [1.29, 1.82) is 0 Å². The fourth-order valence-electron chi connectivity index (χ4n) is 4.11. The molecule has 0 spiro atoms. The normalized spacial score (nSPS) is 18.5. The second kappa shape index (κ2) is 8.26. The van der Waals surface area contributed by atoms with Crippen molar-refractivity contribution < 1.29 is 14.0 Å². The number of H-pyrrole nitrogens is 1. The molecule has 0 saturated heterocycles. The Morgan fingerprint density at radius 1 is 1.27 bits per heavy atom. The van der Waals surface area contributed by atoms with E-state index in [1.54, 1.807) is 36.5 Å². The van der Waals surface area contributed by atoms with Gasteiger partial charge >= 0.3 is 0 Å². The van der Waals surface area contributed by atoms with Crippen molar-refractivity contribution in [2.24, 2.45) is 0 Å². The van der Waals surface area contributed by atoms with E-state index in [2.05, 4.69) is 15.3 Å². The van der Waals surface area contributed by atoms with Gasteiger partial charge in [-0.25, -0.2) is 4.39 Å². The third-order valence-electron chi connectivity index (χ3n) is 5.88. The van der Waals surface area contributed by atoms with Crippen molar-refractivity contribution in [3.05, 3.63) is 54.1 Å². The Hall–Kier alpha value is -3.22. The Bertz CT molecular complexity index is 1080. The molecule has 1 unspecified atom stereocenters. The van der Waals surface area contributed by atoms with Crippen molar-refractivity contribution in [1.82, 2.24) is 20.2 Å². The lowest BCUT2D eigenvalue weighted by molar-refractivity contribution is -0.121. The summed E-state index contributed by atoms with van der Waals surface area (Å²) in [5.41, 5.74) is 2.24. The number of hydrogen-bond donors (Lipinski definition) is 2. The molecule has 1 aliphatic carbocycles. The lowest BCUT2D eigenvalue weighted by Crippen LogP contribution is -2.38. The first-order valence-electron chi connectivity index (χ1n) is 10.3. The summed E-state index contributed by atoms with van der Waals surface area (Å²) in [6.45, 7) is 1.83. The molecule has 2 N–H and O–H groups in total. The van der Waals surface area contributed by atoms with Gasteiger partial charge in [0.25, 0.3) is 5.91 Å². The summed E-state index contributed by atoms with van der Waals surface area (Å²) in [6.07, 6.45) is 6.20. The number of halogens is 1. The summed E-state index contributed by atoms with van der Waals surface area (Å²) in [7, 11) is 1.79. The monoisotopic (exact) mass is 408 g/mol. The minimum atomic E-state index is -0.333. The molecule has 0 aliphatic heterocycles. The molecule has 6 nitrogen and oxygen atoms in total. The molecule has 3 aromatic rings. The van der Waals surface area contributed by atoms with Gasteiger partial charge < -0.3 is 15.2 Å². The molecule has 4 rings (SSSR count). The van der Waals surface area contributed by atoms with Crippen LogP contribution in [0.3, 0.4) is 0 Å². The van der Waals surface area contributed by atoms with Crippen LogP contribution in [0.25, 0.3) is 22.2 Å². The van der Waals surface area contributed by atoms with Gasteiger partial charge in [-0.2, -0.15) is 0 Å². The summed E-state index contributed by atoms with van der Waals surface area (Å²) >= 11 is 0. The fourth-order valence-corrected chi connectivity index (χ4v) is 4.11. The van der Waals surface area contributed by atoms with Gasteiger partial charge in [0.1, 0.15) is 5.82 Å². The van der Waals surface area contributed by atoms with Crippen molar-refractivity contribution in [3.63, 3.8) is 0 Å². The predicted molar refractivity (Wildman–Crippen MR) is 113 cm³/mol. The highest BCUT2D eigenvalue weighted by Crippen LogP contribution is 2.27. The zero-order valence-corrected chi connectivity index (χ0v) is 17.1. The highest BCUT2D eigenvalue weighted by atomic mass is 19.1. The van der Waals surface area contributed by atoms with Gasteiger partial charge in [0.15, 0.2) is 0 Å². The average molecular weight is 408 g/mol. The maximum Gasteiger partial charge on any atom is 0.255 e. The van der Waals surface area contributed by atoms with Crippen LogP contribution in [-0.4, -0.2) is 45.8 Å². The molecule has 2 amide bonds. The molecule has 30 heavy (non-hydrogen) atoms. The van der Waals surface area contributed by atoms with Crippen LogP contribution < -0.4 is 5.32 Å². The molecule has 2 heterocycles. The molecular formula is C23H25FN4O2. The van der Waals surface area contributed by atoms with Crippen LogP contribution >= 0.6 is 0 Å². The van der Waals surface area contributed by atoms with Crippen LogP contribution in [0.15, 0.2) is 42.7 Å². The van der Waals surface area contributed by atoms with E-state index in [4.69, 9.17) is 0 Å². The van der Waals surface area contributed by atoms with Gasteiger partial charge in [-0.15, -0.1) is 0 Å². The summed E-state index contributed by atoms with van der Waals surface area (Å²) in [5.74, 6) is -0.391. The molecule has 156 valence electrons. The maximum atomic E-state index is 14.2. The fraction of sp³-hybridized carbons (Fsp3) is 0.348. The van der Waals surface area contributed by atoms with E-state index in [9.17, 15) is 14.0 Å². The third-order valence-corrected chi connectivity index (χ3v) is 5.88. The first-order valence-corrected chi connectivity index (χ1v) is 10.3. The number of amides is 2. The van der Waals surface area contributed by atoms with Gasteiger partial charge in [-0.05, 0) is 49.6 Å². The van der Waals surface area contributed by atoms with Gasteiger partial charge in [0.05, 0.1) is 16.8 Å². The van der Waals surface area contributed by atoms with Gasteiger partial charge in [-0.1, -0.05) is 6.92 Å². The summed E-state index contributed by atoms with van der Waals surface area (Å²) < 4.78 is 14.2. The molecule has 2 atom stereocenters. The number of nitrogens with one attached hydrogen (secondary N) is 2. The number of aromatic amines is 1. The number of hydrogen-bond acceptors (Lipinski definition) is 3. The second-order valence-corrected chi connectivity index (χ2v) is 7.83. The Morgan fingerprint density at radius 3 is 2.83 bits per heavy atom. The zero-order chi connectivity index (χ0) is 21.3. The van der Waals surface area contributed by atoms with Gasteiger partial charge in [0, 0.05) is 48.9 Å². The number of nitrogens with zero attached hydrogens (tertiary/aromatic N) is 2. The second-order valence-electron chi connectivity index (χ2n) is 7.83. The first kappa shape index (κ1) is 20.1. The van der Waals surface area contributed by atoms with Crippen molar-refractivity contribution in [2.75, 3.05) is 7.05 Å². The smallest absolute Gasteiger partial charge is 0.255 e. The predicted octanol–water partition coefficient (Wildman–Crippen LogP) is 3.89. The minimum Gasteiger partial charge on any atom is -0.359 e. The largest absolute Gasteiger partial charge is 0.359 e. The van der Waals surface area contributed by atoms with Gasteiger partial charge in [0.2, 0.25) is 5.91 Å². The van der Waals surface area contributed by atoms with E-state index in [0.29, 0.717) is 28.8 Å². The molecule has 1 aliphatic rings. The zero-order valence-electron chi connectivity index (χ0n) is 17.1. The Labute approximate surface area is 174 Å². The SMILES string of the molecule is CCC(=O)NC1CC[C@H](N(C)C(=O)c2ccc(-c3cc(F)c4[nH]ccc4c3)nc2)C1. The maximum absolute atomic E-state index is 14.2. The number of fused-ring (bicyclic) bond motifs is 1. The van der Waals surface area contributed by atoms with Crippen LogP contribution in [0, 0.1) is 5.82 Å². The molecule has 1 fully saturated rings. The quantitative estimate of drug-likeness (QED) is 0.672. The molecule has 0 radical (unpaired) electrons. The van der Waals surface area contributed by atoms with Crippen LogP contribution in [0.1, 0.15) is 43.0 Å². The summed E-state index contributed by atoms with van der Waals surface area (Å²) in [6, 6.07) is 8.80. The van der Waals surface area contributed by atoms with E-state index >= 15 is 0 Å². The Kier molecular flexibility index (Phi) is 5.53. The lowest BCUT2D eigenvalue weighted by Gasteiger charge is -2.25. The summed E-state index contributed by atoms with van der Waals surface area (Å²) in [4.78, 5) is 33.5. The third kappa shape index (κ3) is 3.92. The molecule has 0 bridgehead atoms. The highest BCUT2D eigenvalue weighted by molar-refractivity contribution is 5.94. The Balaban J connectivity index is 1.45. The van der Waals surface area contributed by atoms with Crippen molar-refractivity contribution in [2.45, 2.75) is 44.7 Å². The molecular weight excluding hydrogens is 383 g/mol. The average Bonchev–Trinajstić information content (AvgIpc) is 3.42. The topological polar surface area (TPSA) is 78.1 Å². The number of benzene rings is 1. The van der Waals surface area contributed by atoms with Crippen LogP contribution in [0.5, 0.6) is 0 Å². The number of carbonyl (C=O) groups is 2. The Morgan fingerprint density at radius 2 is 2.10 bits per heavy atom. The van der Waals surface area contributed by atoms with Gasteiger partial charge in [-0.3, -0.25) is 14.6 Å². The van der Waals surface area contributed by atoms with E-state index in [1.807, 2.05) is 19.1 Å². The number of rotatable bonds is 5. The van der Waals surface area contributed by atoms with E-state index < -0.39 is 0 Å². The van der Waals surface area contributed by atoms with Crippen molar-refractivity contribution in [3.8, 4) is 11.3 Å². The standard InChI is InChI=1S/C23H25FN4O2/c1-3-21(29)27-17-5-6-18(12-17)28(2)23(30)15-4-7-20(26-13-15)16-10-14-8-9-25-22(14)19(24)11-16/h4,7-11,13,17-18,25H,3,5-6,12H2,1-2H3,(H,27,29)/t17?,18-/m0/s1. The van der Waals surface area contributed by atoms with E-state index in [-0.39, 0.29) is 29.7 Å². The first-order chi connectivity index (χ1) is 14.5. The number of aromatic nitrogens is 2. The minimum absolute atomic E-state index is 0.0451. The molecule has 1 saturated carbocycles. The van der Waals surface area contributed by atoms with Crippen LogP contribution in [-0.2, 0) is 4.79 Å². The van der Waals surface area contributed by atoms with Crippen LogP contribution in [0.2, 0.25) is 0 Å². The van der Waals surface area contributed by atoms with Crippen molar-refractivity contribution >= 4 is 22.7 Å². The molecule has 2 aromatic heterocycles.